The van der Waals surface area contributed by atoms with Crippen molar-refractivity contribution in [2.24, 2.45) is 11.8 Å². The van der Waals surface area contributed by atoms with E-state index in [0.29, 0.717) is 17.9 Å². The Hall–Kier alpha value is -0.940. The Kier molecular flexibility index (Phi) is 5.98. The lowest BCUT2D eigenvalue weighted by Gasteiger charge is -2.23. The maximum absolute atomic E-state index is 5.55. The van der Waals surface area contributed by atoms with E-state index >= 15 is 0 Å². The van der Waals surface area contributed by atoms with Crippen molar-refractivity contribution in [1.82, 2.24) is 20.1 Å². The molecular formula is C15H28N4O. The van der Waals surface area contributed by atoms with E-state index in [9.17, 15) is 0 Å². The first-order chi connectivity index (χ1) is 9.70. The quantitative estimate of drug-likeness (QED) is 0.790. The summed E-state index contributed by atoms with van der Waals surface area (Å²) in [5.74, 6) is 2.29. The highest BCUT2D eigenvalue weighted by atomic mass is 16.5. The van der Waals surface area contributed by atoms with E-state index in [-0.39, 0.29) is 0 Å². The molecule has 1 saturated heterocycles. The van der Waals surface area contributed by atoms with Crippen LogP contribution in [0.25, 0.3) is 0 Å². The molecule has 114 valence electrons. The fraction of sp³-hybridized carbons (Fsp3) is 0.867. The second-order valence-corrected chi connectivity index (χ2v) is 6.14. The molecule has 0 amide bonds. The normalized spacial score (nSPS) is 20.7. The highest BCUT2D eigenvalue weighted by molar-refractivity contribution is 4.93. The largest absolute Gasteiger partial charge is 0.381 e. The lowest BCUT2D eigenvalue weighted by Crippen LogP contribution is -2.39. The summed E-state index contributed by atoms with van der Waals surface area (Å²) in [6.45, 7) is 10.4. The van der Waals surface area contributed by atoms with E-state index in [1.807, 2.05) is 0 Å². The SMILES string of the molecule is CCCNC(Cc1ncnn1CC(C)C)C1CCOC1. The lowest BCUT2D eigenvalue weighted by molar-refractivity contribution is 0.176. The van der Waals surface area contributed by atoms with Gasteiger partial charge in [0.05, 0.1) is 6.61 Å². The molecule has 2 heterocycles. The van der Waals surface area contributed by atoms with Gasteiger partial charge in [-0.15, -0.1) is 0 Å². The van der Waals surface area contributed by atoms with Crippen LogP contribution in [0.5, 0.6) is 0 Å². The van der Waals surface area contributed by atoms with E-state index in [1.54, 1.807) is 6.33 Å². The van der Waals surface area contributed by atoms with Crippen molar-refractivity contribution in [1.29, 1.82) is 0 Å². The number of hydrogen-bond acceptors (Lipinski definition) is 4. The first-order valence-electron chi connectivity index (χ1n) is 7.88. The maximum Gasteiger partial charge on any atom is 0.138 e. The number of hydrogen-bond donors (Lipinski definition) is 1. The molecule has 5 heteroatoms. The number of rotatable bonds is 8. The standard InChI is InChI=1S/C15H28N4O/c1-4-6-16-14(13-5-7-20-10-13)8-15-17-11-18-19(15)9-12(2)3/h11-14,16H,4-10H2,1-3H3. The molecule has 1 aliphatic heterocycles. The van der Waals surface area contributed by atoms with Gasteiger partial charge >= 0.3 is 0 Å². The Balaban J connectivity index is 2.00. The van der Waals surface area contributed by atoms with Gasteiger partial charge in [-0.25, -0.2) is 9.67 Å². The first-order valence-corrected chi connectivity index (χ1v) is 7.88. The van der Waals surface area contributed by atoms with Gasteiger partial charge in [-0.3, -0.25) is 0 Å². The molecule has 0 radical (unpaired) electrons. The Morgan fingerprint density at radius 1 is 1.50 bits per heavy atom. The first kappa shape index (κ1) is 15.4. The van der Waals surface area contributed by atoms with Gasteiger partial charge in [-0.05, 0) is 25.3 Å². The molecule has 1 aromatic heterocycles. The minimum Gasteiger partial charge on any atom is -0.381 e. The van der Waals surface area contributed by atoms with Crippen molar-refractivity contribution in [2.75, 3.05) is 19.8 Å². The van der Waals surface area contributed by atoms with Crippen LogP contribution in [0, 0.1) is 11.8 Å². The molecule has 1 aliphatic rings. The summed E-state index contributed by atoms with van der Waals surface area (Å²) < 4.78 is 7.61. The maximum atomic E-state index is 5.55. The van der Waals surface area contributed by atoms with E-state index in [0.717, 1.165) is 51.4 Å². The van der Waals surface area contributed by atoms with Crippen molar-refractivity contribution in [3.63, 3.8) is 0 Å². The van der Waals surface area contributed by atoms with Crippen molar-refractivity contribution < 1.29 is 4.74 Å². The molecule has 0 aromatic carbocycles. The average Bonchev–Trinajstić information content (AvgIpc) is 3.05. The third-order valence-electron chi connectivity index (χ3n) is 3.83. The van der Waals surface area contributed by atoms with Crippen LogP contribution in [0.3, 0.4) is 0 Å². The Labute approximate surface area is 122 Å². The number of nitrogens with zero attached hydrogens (tertiary/aromatic N) is 3. The molecule has 20 heavy (non-hydrogen) atoms. The van der Waals surface area contributed by atoms with Gasteiger partial charge in [0.25, 0.3) is 0 Å². The monoisotopic (exact) mass is 280 g/mol. The summed E-state index contributed by atoms with van der Waals surface area (Å²) in [7, 11) is 0. The highest BCUT2D eigenvalue weighted by Crippen LogP contribution is 2.19. The van der Waals surface area contributed by atoms with Gasteiger partial charge in [0.2, 0.25) is 0 Å². The fourth-order valence-electron chi connectivity index (χ4n) is 2.75. The van der Waals surface area contributed by atoms with Gasteiger partial charge in [0.1, 0.15) is 12.2 Å². The van der Waals surface area contributed by atoms with Crippen molar-refractivity contribution in [3.8, 4) is 0 Å². The van der Waals surface area contributed by atoms with E-state index in [2.05, 4.69) is 40.9 Å². The Morgan fingerprint density at radius 3 is 3.00 bits per heavy atom. The Morgan fingerprint density at radius 2 is 2.35 bits per heavy atom. The molecule has 5 nitrogen and oxygen atoms in total. The predicted molar refractivity (Wildman–Crippen MR) is 79.6 cm³/mol. The average molecular weight is 280 g/mol. The summed E-state index contributed by atoms with van der Waals surface area (Å²) >= 11 is 0. The molecule has 1 aromatic rings. The zero-order valence-electron chi connectivity index (χ0n) is 13.0. The van der Waals surface area contributed by atoms with Crippen LogP contribution in [0.2, 0.25) is 0 Å². The van der Waals surface area contributed by atoms with Crippen LogP contribution in [-0.4, -0.2) is 40.6 Å². The van der Waals surface area contributed by atoms with E-state index in [1.165, 1.54) is 0 Å². The lowest BCUT2D eigenvalue weighted by atomic mass is 9.95. The van der Waals surface area contributed by atoms with E-state index in [4.69, 9.17) is 4.74 Å². The molecule has 0 spiro atoms. The van der Waals surface area contributed by atoms with Crippen LogP contribution in [0.15, 0.2) is 6.33 Å². The van der Waals surface area contributed by atoms with Crippen LogP contribution >= 0.6 is 0 Å². The van der Waals surface area contributed by atoms with E-state index < -0.39 is 0 Å². The number of nitrogens with one attached hydrogen (secondary N) is 1. The predicted octanol–water partition coefficient (Wildman–Crippen LogP) is 1.88. The molecule has 0 saturated carbocycles. The minimum atomic E-state index is 0.451. The molecule has 2 unspecified atom stereocenters. The summed E-state index contributed by atoms with van der Waals surface area (Å²) in [6, 6.07) is 0.451. The zero-order chi connectivity index (χ0) is 14.4. The van der Waals surface area contributed by atoms with Crippen molar-refractivity contribution in [2.45, 2.75) is 52.6 Å². The van der Waals surface area contributed by atoms with Crippen LogP contribution in [-0.2, 0) is 17.7 Å². The van der Waals surface area contributed by atoms with Gasteiger partial charge in [-0.1, -0.05) is 20.8 Å². The van der Waals surface area contributed by atoms with Gasteiger partial charge in [0, 0.05) is 31.5 Å². The topological polar surface area (TPSA) is 52.0 Å². The van der Waals surface area contributed by atoms with Crippen LogP contribution in [0.1, 0.15) is 39.4 Å². The smallest absolute Gasteiger partial charge is 0.138 e. The van der Waals surface area contributed by atoms with Crippen molar-refractivity contribution >= 4 is 0 Å². The highest BCUT2D eigenvalue weighted by Gasteiger charge is 2.26. The molecule has 1 fully saturated rings. The molecule has 1 N–H and O–H groups in total. The third kappa shape index (κ3) is 4.28. The van der Waals surface area contributed by atoms with Gasteiger partial charge in [0.15, 0.2) is 0 Å². The molecule has 2 atom stereocenters. The van der Waals surface area contributed by atoms with Crippen molar-refractivity contribution in [3.05, 3.63) is 12.2 Å². The van der Waals surface area contributed by atoms with Crippen LogP contribution in [0.4, 0.5) is 0 Å². The van der Waals surface area contributed by atoms with Crippen LogP contribution < -0.4 is 5.32 Å². The number of ether oxygens (including phenoxy) is 1. The second kappa shape index (κ2) is 7.74. The molecule has 2 rings (SSSR count). The fourth-order valence-corrected chi connectivity index (χ4v) is 2.75. The summed E-state index contributed by atoms with van der Waals surface area (Å²) in [6.07, 6.45) is 4.93. The third-order valence-corrected chi connectivity index (χ3v) is 3.83. The summed E-state index contributed by atoms with van der Waals surface area (Å²) in [5.41, 5.74) is 0. The molecule has 0 aliphatic carbocycles. The van der Waals surface area contributed by atoms with Gasteiger partial charge < -0.3 is 10.1 Å². The summed E-state index contributed by atoms with van der Waals surface area (Å²) in [5, 5.41) is 8.03. The van der Waals surface area contributed by atoms with Gasteiger partial charge in [-0.2, -0.15) is 5.10 Å². The molecular weight excluding hydrogens is 252 g/mol. The number of aromatic nitrogens is 3. The zero-order valence-corrected chi connectivity index (χ0v) is 13.0. The molecule has 0 bridgehead atoms. The minimum absolute atomic E-state index is 0.451. The Bertz CT molecular complexity index is 385. The summed E-state index contributed by atoms with van der Waals surface area (Å²) in [4.78, 5) is 4.46. The second-order valence-electron chi connectivity index (χ2n) is 6.14.